The molecule has 0 bridgehead atoms. The van der Waals surface area contributed by atoms with Gasteiger partial charge >= 0.3 is 0 Å². The summed E-state index contributed by atoms with van der Waals surface area (Å²) >= 11 is 6.01. The number of hydrogen-bond donors (Lipinski definition) is 1. The lowest BCUT2D eigenvalue weighted by molar-refractivity contribution is -0.140. The molecule has 2 rings (SSSR count). The maximum Gasteiger partial charge on any atom is 0.244 e. The lowest BCUT2D eigenvalue weighted by atomic mass is 10.1. The molecule has 8 nitrogen and oxygen atoms in total. The van der Waals surface area contributed by atoms with Crippen molar-refractivity contribution in [3.05, 3.63) is 58.6 Å². The summed E-state index contributed by atoms with van der Waals surface area (Å²) in [7, 11) is -2.42. The molecule has 0 aliphatic carbocycles. The zero-order valence-corrected chi connectivity index (χ0v) is 22.6. The van der Waals surface area contributed by atoms with Gasteiger partial charge in [0, 0.05) is 17.6 Å². The van der Waals surface area contributed by atoms with E-state index in [-0.39, 0.29) is 24.2 Å². The van der Waals surface area contributed by atoms with Crippen LogP contribution in [0.25, 0.3) is 0 Å². The van der Waals surface area contributed by atoms with E-state index in [0.29, 0.717) is 17.2 Å². The van der Waals surface area contributed by atoms with Crippen molar-refractivity contribution in [1.82, 2.24) is 10.2 Å². The lowest BCUT2D eigenvalue weighted by Gasteiger charge is -2.33. The average Bonchev–Trinajstić information content (AvgIpc) is 2.77. The Labute approximate surface area is 213 Å². The number of sulfonamides is 1. The van der Waals surface area contributed by atoms with Gasteiger partial charge in [0.1, 0.15) is 18.3 Å². The van der Waals surface area contributed by atoms with E-state index in [0.717, 1.165) is 21.7 Å². The number of carbonyl (C=O) groups excluding carboxylic acids is 2. The molecule has 0 heterocycles. The highest BCUT2D eigenvalue weighted by atomic mass is 35.5. The van der Waals surface area contributed by atoms with Crippen LogP contribution in [0.2, 0.25) is 5.02 Å². The van der Waals surface area contributed by atoms with E-state index in [1.165, 1.54) is 12.0 Å². The molecule has 0 saturated heterocycles. The molecule has 1 atom stereocenters. The number of benzene rings is 2. The van der Waals surface area contributed by atoms with Gasteiger partial charge in [-0.2, -0.15) is 0 Å². The fraction of sp³-hybridized carbons (Fsp3) is 0.440. The standard InChI is InChI=1S/C25H34ClN3O5S/c1-7-21(25(31)27-17(2)3)28(15-19-9-11-20(26)12-10-19)24(30)16-29(35(6,32)33)22-14-18(4)8-13-23(22)34-5/h8-14,17,21H,7,15-16H2,1-6H3,(H,27,31)/t21-/m0/s1. The minimum atomic E-state index is -3.86. The number of carbonyl (C=O) groups is 2. The van der Waals surface area contributed by atoms with Crippen LogP contribution in [0.3, 0.4) is 0 Å². The van der Waals surface area contributed by atoms with E-state index in [1.54, 1.807) is 42.5 Å². The van der Waals surface area contributed by atoms with E-state index in [4.69, 9.17) is 16.3 Å². The molecule has 0 aromatic heterocycles. The molecule has 0 aliphatic heterocycles. The first-order valence-corrected chi connectivity index (χ1v) is 13.6. The SMILES string of the molecule is CC[C@@H](C(=O)NC(C)C)N(Cc1ccc(Cl)cc1)C(=O)CN(c1cc(C)ccc1OC)S(C)(=O)=O. The second kappa shape index (κ2) is 12.3. The number of aryl methyl sites for hydroxylation is 1. The molecule has 0 spiro atoms. The van der Waals surface area contributed by atoms with Crippen LogP contribution in [0, 0.1) is 6.92 Å². The molecule has 2 amide bonds. The maximum absolute atomic E-state index is 13.7. The number of nitrogens with zero attached hydrogens (tertiary/aromatic N) is 2. The first-order chi connectivity index (χ1) is 16.4. The Morgan fingerprint density at radius 3 is 2.26 bits per heavy atom. The van der Waals surface area contributed by atoms with Gasteiger partial charge in [-0.05, 0) is 62.6 Å². The molecule has 0 fully saturated rings. The number of ether oxygens (including phenoxy) is 1. The van der Waals surface area contributed by atoms with Crippen LogP contribution in [0.5, 0.6) is 5.75 Å². The lowest BCUT2D eigenvalue weighted by Crippen LogP contribution is -2.53. The van der Waals surface area contributed by atoms with E-state index in [2.05, 4.69) is 5.32 Å². The summed E-state index contributed by atoms with van der Waals surface area (Å²) in [5.74, 6) is -0.494. The first kappa shape index (κ1) is 28.5. The molecule has 0 aliphatic rings. The molecule has 192 valence electrons. The number of halogens is 1. The van der Waals surface area contributed by atoms with Crippen molar-refractivity contribution in [2.24, 2.45) is 0 Å². The molecule has 1 N–H and O–H groups in total. The van der Waals surface area contributed by atoms with Crippen molar-refractivity contribution >= 4 is 39.1 Å². The third-order valence-electron chi connectivity index (χ3n) is 5.37. The van der Waals surface area contributed by atoms with Gasteiger partial charge in [0.25, 0.3) is 0 Å². The fourth-order valence-corrected chi connectivity index (χ4v) is 4.65. The van der Waals surface area contributed by atoms with Crippen molar-refractivity contribution < 1.29 is 22.7 Å². The van der Waals surface area contributed by atoms with Crippen LogP contribution < -0.4 is 14.4 Å². The van der Waals surface area contributed by atoms with E-state index in [1.807, 2.05) is 27.7 Å². The van der Waals surface area contributed by atoms with Gasteiger partial charge < -0.3 is 15.0 Å². The van der Waals surface area contributed by atoms with Crippen LogP contribution >= 0.6 is 11.6 Å². The summed E-state index contributed by atoms with van der Waals surface area (Å²) in [5.41, 5.74) is 1.83. The number of anilines is 1. The average molecular weight is 524 g/mol. The second-order valence-electron chi connectivity index (χ2n) is 8.68. The number of nitrogens with one attached hydrogen (secondary N) is 1. The van der Waals surface area contributed by atoms with E-state index >= 15 is 0 Å². The summed E-state index contributed by atoms with van der Waals surface area (Å²) in [6.07, 6.45) is 1.39. The Morgan fingerprint density at radius 2 is 1.74 bits per heavy atom. The van der Waals surface area contributed by atoms with Gasteiger partial charge in [0.15, 0.2) is 0 Å². The molecule has 0 saturated carbocycles. The highest BCUT2D eigenvalue weighted by Crippen LogP contribution is 2.31. The Kier molecular flexibility index (Phi) is 9.97. The normalized spacial score (nSPS) is 12.2. The van der Waals surface area contributed by atoms with Gasteiger partial charge in [0.2, 0.25) is 21.8 Å². The van der Waals surface area contributed by atoms with Gasteiger partial charge in [-0.25, -0.2) is 8.42 Å². The Balaban J connectivity index is 2.50. The van der Waals surface area contributed by atoms with Crippen molar-refractivity contribution in [2.75, 3.05) is 24.2 Å². The molecule has 2 aromatic rings. The van der Waals surface area contributed by atoms with Crippen molar-refractivity contribution in [2.45, 2.75) is 52.7 Å². The summed E-state index contributed by atoms with van der Waals surface area (Å²) in [6.45, 7) is 6.93. The smallest absolute Gasteiger partial charge is 0.244 e. The van der Waals surface area contributed by atoms with Crippen LogP contribution in [0.4, 0.5) is 5.69 Å². The molecule has 0 unspecified atom stereocenters. The largest absolute Gasteiger partial charge is 0.495 e. The Bertz CT molecular complexity index is 1140. The first-order valence-electron chi connectivity index (χ1n) is 11.3. The predicted molar refractivity (Wildman–Crippen MR) is 139 cm³/mol. The second-order valence-corrected chi connectivity index (χ2v) is 11.0. The summed E-state index contributed by atoms with van der Waals surface area (Å²) in [6, 6.07) is 11.1. The number of rotatable bonds is 11. The molecule has 35 heavy (non-hydrogen) atoms. The number of methoxy groups -OCH3 is 1. The van der Waals surface area contributed by atoms with Crippen LogP contribution in [-0.2, 0) is 26.2 Å². The van der Waals surface area contributed by atoms with Gasteiger partial charge in [-0.15, -0.1) is 0 Å². The van der Waals surface area contributed by atoms with Crippen molar-refractivity contribution in [3.8, 4) is 5.75 Å². The third-order valence-corrected chi connectivity index (χ3v) is 6.74. The predicted octanol–water partition coefficient (Wildman–Crippen LogP) is 3.76. The quantitative estimate of drug-likeness (QED) is 0.484. The molecule has 2 aromatic carbocycles. The third kappa shape index (κ3) is 7.86. The van der Waals surface area contributed by atoms with Crippen LogP contribution in [0.1, 0.15) is 38.3 Å². The van der Waals surface area contributed by atoms with Gasteiger partial charge in [-0.1, -0.05) is 36.7 Å². The van der Waals surface area contributed by atoms with Gasteiger partial charge in [-0.3, -0.25) is 13.9 Å². The maximum atomic E-state index is 13.7. The summed E-state index contributed by atoms with van der Waals surface area (Å²) in [4.78, 5) is 28.1. The Morgan fingerprint density at radius 1 is 1.11 bits per heavy atom. The fourth-order valence-electron chi connectivity index (χ4n) is 3.68. The minimum absolute atomic E-state index is 0.114. The van der Waals surface area contributed by atoms with Crippen LogP contribution in [0.15, 0.2) is 42.5 Å². The number of amides is 2. The Hall–Kier alpha value is -2.78. The highest BCUT2D eigenvalue weighted by Gasteiger charge is 2.32. The van der Waals surface area contributed by atoms with Gasteiger partial charge in [0.05, 0.1) is 19.1 Å². The van der Waals surface area contributed by atoms with E-state index in [9.17, 15) is 18.0 Å². The molecular weight excluding hydrogens is 490 g/mol. The van der Waals surface area contributed by atoms with E-state index < -0.39 is 28.5 Å². The zero-order valence-electron chi connectivity index (χ0n) is 21.0. The monoisotopic (exact) mass is 523 g/mol. The highest BCUT2D eigenvalue weighted by molar-refractivity contribution is 7.92. The molecule has 10 heteroatoms. The number of hydrogen-bond acceptors (Lipinski definition) is 5. The van der Waals surface area contributed by atoms with Crippen molar-refractivity contribution in [3.63, 3.8) is 0 Å². The molecular formula is C25H34ClN3O5S. The summed E-state index contributed by atoms with van der Waals surface area (Å²) in [5, 5.41) is 3.41. The molecule has 0 radical (unpaired) electrons. The zero-order chi connectivity index (χ0) is 26.3. The summed E-state index contributed by atoms with van der Waals surface area (Å²) < 4.78 is 32.0. The topological polar surface area (TPSA) is 96.0 Å². The van der Waals surface area contributed by atoms with Crippen LogP contribution in [-0.4, -0.2) is 57.1 Å². The van der Waals surface area contributed by atoms with Crippen molar-refractivity contribution in [1.29, 1.82) is 0 Å². The minimum Gasteiger partial charge on any atom is -0.495 e.